The van der Waals surface area contributed by atoms with E-state index in [-0.39, 0.29) is 23.7 Å². The number of hydrogen-bond donors (Lipinski definition) is 2. The van der Waals surface area contributed by atoms with Crippen LogP contribution in [0.1, 0.15) is 30.7 Å². The first-order valence-electron chi connectivity index (χ1n) is 9.43. The van der Waals surface area contributed by atoms with Crippen LogP contribution in [0.2, 0.25) is 0 Å². The van der Waals surface area contributed by atoms with Crippen molar-refractivity contribution >= 4 is 11.8 Å². The summed E-state index contributed by atoms with van der Waals surface area (Å²) in [6.07, 6.45) is 3.09. The van der Waals surface area contributed by atoms with Crippen LogP contribution in [0.4, 0.5) is 11.8 Å². The van der Waals surface area contributed by atoms with Crippen LogP contribution in [0, 0.1) is 0 Å². The predicted octanol–water partition coefficient (Wildman–Crippen LogP) is 0.919. The van der Waals surface area contributed by atoms with Gasteiger partial charge in [-0.1, -0.05) is 6.07 Å². The average Bonchev–Trinajstić information content (AvgIpc) is 2.62. The van der Waals surface area contributed by atoms with Gasteiger partial charge in [0.2, 0.25) is 5.95 Å². The Morgan fingerprint density at radius 2 is 2.07 bits per heavy atom. The number of nitrogens with two attached hydrogens (primary N) is 1. The lowest BCUT2D eigenvalue weighted by molar-refractivity contribution is -0.00546. The van der Waals surface area contributed by atoms with Gasteiger partial charge < -0.3 is 15.4 Å². The molecule has 0 saturated carbocycles. The van der Waals surface area contributed by atoms with E-state index in [1.54, 1.807) is 0 Å². The molecule has 1 saturated heterocycles. The van der Waals surface area contributed by atoms with E-state index in [2.05, 4.69) is 50.7 Å². The molecule has 2 aliphatic rings. The van der Waals surface area contributed by atoms with Crippen LogP contribution in [-0.4, -0.2) is 51.7 Å². The first-order valence-corrected chi connectivity index (χ1v) is 9.43. The third-order valence-electron chi connectivity index (χ3n) is 5.12. The van der Waals surface area contributed by atoms with Gasteiger partial charge in [0.05, 0.1) is 23.5 Å². The summed E-state index contributed by atoms with van der Waals surface area (Å²) in [5.41, 5.74) is 8.17. The van der Waals surface area contributed by atoms with E-state index in [1.165, 1.54) is 0 Å². The third-order valence-corrected chi connectivity index (χ3v) is 5.12. The van der Waals surface area contributed by atoms with Gasteiger partial charge in [0.15, 0.2) is 0 Å². The normalized spacial score (nSPS) is 23.3. The van der Waals surface area contributed by atoms with Crippen LogP contribution in [-0.2, 0) is 24.2 Å². The first-order chi connectivity index (χ1) is 13.0. The molecule has 0 aromatic carbocycles. The summed E-state index contributed by atoms with van der Waals surface area (Å²) in [6, 6.07) is 4.20. The number of pyridine rings is 1. The van der Waals surface area contributed by atoms with Gasteiger partial charge in [-0.3, -0.25) is 14.7 Å². The van der Waals surface area contributed by atoms with E-state index in [9.17, 15) is 4.79 Å². The zero-order valence-electron chi connectivity index (χ0n) is 15.8. The van der Waals surface area contributed by atoms with Crippen LogP contribution in [0.3, 0.4) is 0 Å². The summed E-state index contributed by atoms with van der Waals surface area (Å²) in [5, 5.41) is 0. The third kappa shape index (κ3) is 3.96. The van der Waals surface area contributed by atoms with Gasteiger partial charge in [-0.25, -0.2) is 9.97 Å². The quantitative estimate of drug-likeness (QED) is 0.828. The SMILES string of the molecule is CC1CN(c2ccc(CN3CCc4nc(N)[nH]c(=O)c4C3)cn2)CC(C)O1. The summed E-state index contributed by atoms with van der Waals surface area (Å²) < 4.78 is 5.79. The number of aromatic nitrogens is 3. The van der Waals surface area contributed by atoms with Crippen LogP contribution >= 0.6 is 0 Å². The van der Waals surface area contributed by atoms with Gasteiger partial charge in [0.1, 0.15) is 5.82 Å². The van der Waals surface area contributed by atoms with Gasteiger partial charge in [-0.2, -0.15) is 0 Å². The summed E-state index contributed by atoms with van der Waals surface area (Å²) in [5.74, 6) is 1.18. The van der Waals surface area contributed by atoms with Crippen LogP contribution in [0.5, 0.6) is 0 Å². The van der Waals surface area contributed by atoms with Crippen molar-refractivity contribution in [2.45, 2.75) is 45.6 Å². The molecule has 8 heteroatoms. The van der Waals surface area contributed by atoms with Crippen LogP contribution in [0.15, 0.2) is 23.1 Å². The van der Waals surface area contributed by atoms with Crippen molar-refractivity contribution in [2.75, 3.05) is 30.3 Å². The Bertz CT molecular complexity index is 855. The fraction of sp³-hybridized carbons (Fsp3) is 0.526. The van der Waals surface area contributed by atoms with Gasteiger partial charge in [0.25, 0.3) is 5.56 Å². The van der Waals surface area contributed by atoms with Crippen molar-refractivity contribution in [2.24, 2.45) is 0 Å². The molecule has 2 aliphatic heterocycles. The van der Waals surface area contributed by atoms with Crippen molar-refractivity contribution < 1.29 is 4.74 Å². The maximum atomic E-state index is 12.1. The molecule has 0 amide bonds. The number of nitrogens with zero attached hydrogens (tertiary/aromatic N) is 4. The largest absolute Gasteiger partial charge is 0.372 e. The van der Waals surface area contributed by atoms with Crippen molar-refractivity contribution in [3.05, 3.63) is 45.5 Å². The second-order valence-corrected chi connectivity index (χ2v) is 7.52. The highest BCUT2D eigenvalue weighted by atomic mass is 16.5. The highest BCUT2D eigenvalue weighted by Gasteiger charge is 2.24. The summed E-state index contributed by atoms with van der Waals surface area (Å²) in [6.45, 7) is 8.09. The predicted molar refractivity (Wildman–Crippen MR) is 104 cm³/mol. The average molecular weight is 370 g/mol. The monoisotopic (exact) mass is 370 g/mol. The molecule has 4 rings (SSSR count). The summed E-state index contributed by atoms with van der Waals surface area (Å²) in [4.78, 5) is 28.1. The zero-order valence-corrected chi connectivity index (χ0v) is 15.8. The molecular formula is C19H26N6O2. The van der Waals surface area contributed by atoms with Crippen LogP contribution in [0.25, 0.3) is 0 Å². The molecular weight excluding hydrogens is 344 g/mol. The number of morpholine rings is 1. The molecule has 2 aromatic rings. The standard InChI is InChI=1S/C19H26N6O2/c1-12-8-25(9-13(2)27-12)17-4-3-14(7-21-17)10-24-6-5-16-15(11-24)18(26)23-19(20)22-16/h3-4,7,12-13H,5-6,8-11H2,1-2H3,(H3,20,22,23,26). The summed E-state index contributed by atoms with van der Waals surface area (Å²) >= 11 is 0. The van der Waals surface area contributed by atoms with E-state index < -0.39 is 0 Å². The Hall–Kier alpha value is -2.45. The Labute approximate surface area is 158 Å². The lowest BCUT2D eigenvalue weighted by Gasteiger charge is -2.36. The molecule has 2 aromatic heterocycles. The molecule has 8 nitrogen and oxygen atoms in total. The Morgan fingerprint density at radius 3 is 2.78 bits per heavy atom. The molecule has 0 spiro atoms. The maximum absolute atomic E-state index is 12.1. The molecule has 4 heterocycles. The second kappa shape index (κ2) is 7.28. The molecule has 27 heavy (non-hydrogen) atoms. The number of H-pyrrole nitrogens is 1. The van der Waals surface area contributed by atoms with E-state index in [4.69, 9.17) is 10.5 Å². The Kier molecular flexibility index (Phi) is 4.84. The van der Waals surface area contributed by atoms with Gasteiger partial charge in [-0.05, 0) is 25.5 Å². The first kappa shape index (κ1) is 17.9. The lowest BCUT2D eigenvalue weighted by Crippen LogP contribution is -2.45. The van der Waals surface area contributed by atoms with Gasteiger partial charge >= 0.3 is 0 Å². The number of ether oxygens (including phenoxy) is 1. The smallest absolute Gasteiger partial charge is 0.257 e. The van der Waals surface area contributed by atoms with E-state index in [0.29, 0.717) is 6.54 Å². The van der Waals surface area contributed by atoms with Gasteiger partial charge in [-0.15, -0.1) is 0 Å². The highest BCUT2D eigenvalue weighted by Crippen LogP contribution is 2.20. The van der Waals surface area contributed by atoms with Crippen molar-refractivity contribution in [3.8, 4) is 0 Å². The zero-order chi connectivity index (χ0) is 19.0. The minimum Gasteiger partial charge on any atom is -0.372 e. The molecule has 3 N–H and O–H groups in total. The van der Waals surface area contributed by atoms with Crippen LogP contribution < -0.4 is 16.2 Å². The number of hydrogen-bond acceptors (Lipinski definition) is 7. The molecule has 2 atom stereocenters. The minimum atomic E-state index is -0.133. The lowest BCUT2D eigenvalue weighted by atomic mass is 10.1. The minimum absolute atomic E-state index is 0.133. The Balaban J connectivity index is 1.42. The van der Waals surface area contributed by atoms with E-state index in [0.717, 1.165) is 55.2 Å². The number of aromatic amines is 1. The fourth-order valence-electron chi connectivity index (χ4n) is 3.96. The van der Waals surface area contributed by atoms with E-state index in [1.807, 2.05) is 6.20 Å². The number of nitrogen functional groups attached to an aromatic ring is 1. The topological polar surface area (TPSA) is 100 Å². The van der Waals surface area contributed by atoms with Crippen molar-refractivity contribution in [1.82, 2.24) is 19.9 Å². The molecule has 144 valence electrons. The second-order valence-electron chi connectivity index (χ2n) is 7.52. The molecule has 0 aliphatic carbocycles. The van der Waals surface area contributed by atoms with Crippen molar-refractivity contribution in [3.63, 3.8) is 0 Å². The number of fused-ring (bicyclic) bond motifs is 1. The van der Waals surface area contributed by atoms with Crippen molar-refractivity contribution in [1.29, 1.82) is 0 Å². The van der Waals surface area contributed by atoms with E-state index >= 15 is 0 Å². The molecule has 2 unspecified atom stereocenters. The maximum Gasteiger partial charge on any atom is 0.257 e. The summed E-state index contributed by atoms with van der Waals surface area (Å²) in [7, 11) is 0. The van der Waals surface area contributed by atoms with Gasteiger partial charge in [0, 0.05) is 45.3 Å². The molecule has 0 radical (unpaired) electrons. The number of nitrogens with one attached hydrogen (secondary N) is 1. The number of anilines is 2. The molecule has 1 fully saturated rings. The highest BCUT2D eigenvalue weighted by molar-refractivity contribution is 5.40. The fourth-order valence-corrected chi connectivity index (χ4v) is 3.96. The molecule has 0 bridgehead atoms. The number of rotatable bonds is 3. The Morgan fingerprint density at radius 1 is 1.30 bits per heavy atom.